The summed E-state index contributed by atoms with van der Waals surface area (Å²) in [7, 11) is 4.01. The molecule has 0 saturated carbocycles. The Kier molecular flexibility index (Phi) is 3.56. The van der Waals surface area contributed by atoms with Gasteiger partial charge in [-0.1, -0.05) is 12.1 Å². The zero-order chi connectivity index (χ0) is 15.9. The van der Waals surface area contributed by atoms with Crippen LogP contribution < -0.4 is 11.2 Å². The fraction of sp³-hybridized carbons (Fsp3) is 0.250. The van der Waals surface area contributed by atoms with Crippen LogP contribution in [0.5, 0.6) is 0 Å². The van der Waals surface area contributed by atoms with Crippen LogP contribution >= 0.6 is 0 Å². The Morgan fingerprint density at radius 1 is 1.09 bits per heavy atom. The molecule has 0 aliphatic carbocycles. The predicted molar refractivity (Wildman–Crippen MR) is 85.7 cm³/mol. The number of anilines is 1. The molecule has 0 radical (unpaired) electrons. The van der Waals surface area contributed by atoms with Crippen LogP contribution in [0.2, 0.25) is 0 Å². The van der Waals surface area contributed by atoms with Gasteiger partial charge in [0.15, 0.2) is 0 Å². The number of imide groups is 1. The highest BCUT2D eigenvalue weighted by Crippen LogP contribution is 2.33. The molecule has 2 amide bonds. The number of hydrogen-bond donors (Lipinski definition) is 2. The van der Waals surface area contributed by atoms with Gasteiger partial charge in [-0.15, -0.1) is 0 Å². The maximum absolute atomic E-state index is 12.2. The molecule has 0 bridgehead atoms. The van der Waals surface area contributed by atoms with Gasteiger partial charge in [0.25, 0.3) is 11.8 Å². The van der Waals surface area contributed by atoms with E-state index in [1.165, 1.54) is 0 Å². The summed E-state index contributed by atoms with van der Waals surface area (Å²) in [5, 5.41) is 5.57. The molecule has 22 heavy (non-hydrogen) atoms. The van der Waals surface area contributed by atoms with E-state index in [4.69, 9.17) is 5.84 Å². The van der Waals surface area contributed by atoms with E-state index in [-0.39, 0.29) is 0 Å². The highest BCUT2D eigenvalue weighted by Gasteiger charge is 2.31. The number of nitrogens with two attached hydrogens (primary N) is 1. The van der Waals surface area contributed by atoms with E-state index in [1.54, 1.807) is 18.2 Å². The average Bonchev–Trinajstić information content (AvgIpc) is 2.51. The van der Waals surface area contributed by atoms with Gasteiger partial charge in [-0.25, -0.2) is 10.9 Å². The van der Waals surface area contributed by atoms with Gasteiger partial charge in [-0.3, -0.25) is 9.59 Å². The Labute approximate surface area is 128 Å². The number of hydrazine groups is 1. The SMILES string of the molecule is CN(C)CCNc1ccc2c3c(cccc13)C(=O)N(N)C2=O. The summed E-state index contributed by atoms with van der Waals surface area (Å²) in [4.78, 5) is 26.4. The number of carbonyl (C=O) groups excluding carboxylic acids is 2. The summed E-state index contributed by atoms with van der Waals surface area (Å²) in [6, 6.07) is 8.99. The maximum atomic E-state index is 12.2. The van der Waals surface area contributed by atoms with Gasteiger partial charge >= 0.3 is 0 Å². The molecule has 6 nitrogen and oxygen atoms in total. The van der Waals surface area contributed by atoms with E-state index >= 15 is 0 Å². The van der Waals surface area contributed by atoms with Gasteiger partial charge < -0.3 is 10.2 Å². The standard InChI is InChI=1S/C16H18N4O2/c1-19(2)9-8-18-13-7-6-12-14-10(13)4-3-5-11(14)15(21)20(17)16(12)22/h3-7,18H,8-9,17H2,1-2H3. The number of likely N-dealkylation sites (N-methyl/N-ethyl adjacent to an activating group) is 1. The smallest absolute Gasteiger partial charge is 0.275 e. The third-order valence-electron chi connectivity index (χ3n) is 3.81. The number of benzene rings is 2. The highest BCUT2D eigenvalue weighted by molar-refractivity contribution is 6.26. The minimum Gasteiger partial charge on any atom is -0.383 e. The number of rotatable bonds is 4. The number of nitrogens with zero attached hydrogens (tertiary/aromatic N) is 2. The van der Waals surface area contributed by atoms with E-state index in [0.29, 0.717) is 21.5 Å². The zero-order valence-corrected chi connectivity index (χ0v) is 12.6. The summed E-state index contributed by atoms with van der Waals surface area (Å²) >= 11 is 0. The average molecular weight is 298 g/mol. The molecule has 2 aromatic carbocycles. The topological polar surface area (TPSA) is 78.7 Å². The Morgan fingerprint density at radius 2 is 1.77 bits per heavy atom. The van der Waals surface area contributed by atoms with Crippen LogP contribution in [-0.4, -0.2) is 48.9 Å². The molecular formula is C16H18N4O2. The van der Waals surface area contributed by atoms with Crippen LogP contribution in [0.15, 0.2) is 30.3 Å². The third kappa shape index (κ3) is 2.22. The van der Waals surface area contributed by atoms with Crippen LogP contribution in [0.4, 0.5) is 5.69 Å². The summed E-state index contributed by atoms with van der Waals surface area (Å²) in [6.07, 6.45) is 0. The molecule has 0 spiro atoms. The maximum Gasteiger partial charge on any atom is 0.275 e. The van der Waals surface area contributed by atoms with Gasteiger partial charge in [0.2, 0.25) is 0 Å². The third-order valence-corrected chi connectivity index (χ3v) is 3.81. The van der Waals surface area contributed by atoms with Crippen molar-refractivity contribution in [3.05, 3.63) is 41.5 Å². The molecule has 0 unspecified atom stereocenters. The van der Waals surface area contributed by atoms with Crippen LogP contribution in [0, 0.1) is 0 Å². The lowest BCUT2D eigenvalue weighted by molar-refractivity contribution is 0.0610. The van der Waals surface area contributed by atoms with Gasteiger partial charge in [0.1, 0.15) is 0 Å². The van der Waals surface area contributed by atoms with Crippen LogP contribution in [0.1, 0.15) is 20.7 Å². The number of hydrogen-bond acceptors (Lipinski definition) is 5. The highest BCUT2D eigenvalue weighted by atomic mass is 16.2. The first-order valence-electron chi connectivity index (χ1n) is 7.08. The second-order valence-corrected chi connectivity index (χ2v) is 5.60. The van der Waals surface area contributed by atoms with E-state index in [2.05, 4.69) is 10.2 Å². The first kappa shape index (κ1) is 14.5. The minimum atomic E-state index is -0.464. The van der Waals surface area contributed by atoms with Crippen molar-refractivity contribution in [2.45, 2.75) is 0 Å². The van der Waals surface area contributed by atoms with Crippen LogP contribution in [-0.2, 0) is 0 Å². The summed E-state index contributed by atoms with van der Waals surface area (Å²) in [5.74, 6) is 4.65. The number of nitrogens with one attached hydrogen (secondary N) is 1. The Bertz CT molecular complexity index is 748. The van der Waals surface area contributed by atoms with E-state index in [9.17, 15) is 9.59 Å². The molecule has 2 aromatic rings. The zero-order valence-electron chi connectivity index (χ0n) is 12.6. The van der Waals surface area contributed by atoms with E-state index in [0.717, 1.165) is 24.2 Å². The molecule has 1 aliphatic rings. The van der Waals surface area contributed by atoms with Crippen molar-refractivity contribution in [2.24, 2.45) is 5.84 Å². The summed E-state index contributed by atoms with van der Waals surface area (Å²) in [6.45, 7) is 1.66. The Balaban J connectivity index is 2.10. The Hall–Kier alpha value is -2.44. The summed E-state index contributed by atoms with van der Waals surface area (Å²) < 4.78 is 0. The lowest BCUT2D eigenvalue weighted by atomic mass is 9.94. The fourth-order valence-electron chi connectivity index (χ4n) is 2.68. The molecule has 1 heterocycles. The van der Waals surface area contributed by atoms with Gasteiger partial charge in [-0.2, -0.15) is 0 Å². The van der Waals surface area contributed by atoms with Gasteiger partial charge in [-0.05, 0) is 32.3 Å². The lowest BCUT2D eigenvalue weighted by Crippen LogP contribution is -2.45. The monoisotopic (exact) mass is 298 g/mol. The predicted octanol–water partition coefficient (Wildman–Crippen LogP) is 1.28. The molecule has 0 aromatic heterocycles. The Morgan fingerprint density at radius 3 is 2.45 bits per heavy atom. The molecule has 114 valence electrons. The fourth-order valence-corrected chi connectivity index (χ4v) is 2.68. The second kappa shape index (κ2) is 5.40. The van der Waals surface area contributed by atoms with E-state index < -0.39 is 11.8 Å². The van der Waals surface area contributed by atoms with Crippen molar-refractivity contribution < 1.29 is 9.59 Å². The minimum absolute atomic E-state index is 0.464. The number of carbonyl (C=O) groups is 2. The molecule has 6 heteroatoms. The number of amides is 2. The van der Waals surface area contributed by atoms with Crippen LogP contribution in [0.3, 0.4) is 0 Å². The first-order valence-corrected chi connectivity index (χ1v) is 7.08. The van der Waals surface area contributed by atoms with Crippen molar-refractivity contribution in [3.8, 4) is 0 Å². The quantitative estimate of drug-likeness (QED) is 0.505. The molecule has 0 fully saturated rings. The molecule has 3 N–H and O–H groups in total. The van der Waals surface area contributed by atoms with Crippen molar-refractivity contribution in [3.63, 3.8) is 0 Å². The molecular weight excluding hydrogens is 280 g/mol. The van der Waals surface area contributed by atoms with Gasteiger partial charge in [0.05, 0.1) is 11.1 Å². The van der Waals surface area contributed by atoms with Crippen molar-refractivity contribution in [2.75, 3.05) is 32.5 Å². The first-order chi connectivity index (χ1) is 10.5. The molecule has 3 rings (SSSR count). The van der Waals surface area contributed by atoms with Crippen LogP contribution in [0.25, 0.3) is 10.8 Å². The second-order valence-electron chi connectivity index (χ2n) is 5.60. The molecule has 1 aliphatic heterocycles. The van der Waals surface area contributed by atoms with Gasteiger partial charge in [0, 0.05) is 29.5 Å². The molecule has 0 saturated heterocycles. The van der Waals surface area contributed by atoms with E-state index in [1.807, 2.05) is 26.2 Å². The van der Waals surface area contributed by atoms with Crippen molar-refractivity contribution >= 4 is 28.3 Å². The molecule has 0 atom stereocenters. The summed E-state index contributed by atoms with van der Waals surface area (Å²) in [5.41, 5.74) is 1.84. The van der Waals surface area contributed by atoms with Crippen molar-refractivity contribution in [1.29, 1.82) is 0 Å². The normalized spacial score (nSPS) is 14.1. The largest absolute Gasteiger partial charge is 0.383 e. The lowest BCUT2D eigenvalue weighted by Gasteiger charge is -2.24. The van der Waals surface area contributed by atoms with Crippen molar-refractivity contribution in [1.82, 2.24) is 9.91 Å².